The van der Waals surface area contributed by atoms with Crippen molar-refractivity contribution in [3.05, 3.63) is 47.8 Å². The fourth-order valence-corrected chi connectivity index (χ4v) is 3.11. The first-order valence-electron chi connectivity index (χ1n) is 8.73. The van der Waals surface area contributed by atoms with Gasteiger partial charge in [0.25, 0.3) is 5.91 Å². The van der Waals surface area contributed by atoms with Crippen molar-refractivity contribution in [1.82, 2.24) is 4.98 Å². The molecular formula is C20H25N3O2. The second-order valence-electron chi connectivity index (χ2n) is 6.76. The zero-order valence-electron chi connectivity index (χ0n) is 15.1. The Morgan fingerprint density at radius 3 is 2.72 bits per heavy atom. The summed E-state index contributed by atoms with van der Waals surface area (Å²) in [4.78, 5) is 19.2. The van der Waals surface area contributed by atoms with E-state index in [1.807, 2.05) is 37.4 Å². The fraction of sp³-hybridized carbons (Fsp3) is 0.400. The van der Waals surface area contributed by atoms with Gasteiger partial charge < -0.3 is 15.0 Å². The number of rotatable bonds is 4. The molecule has 1 amide bonds. The lowest BCUT2D eigenvalue weighted by molar-refractivity contribution is 0.102. The number of hydrogen-bond acceptors (Lipinski definition) is 4. The molecule has 25 heavy (non-hydrogen) atoms. The zero-order chi connectivity index (χ0) is 17.8. The molecule has 1 saturated heterocycles. The number of amides is 1. The maximum atomic E-state index is 12.7. The largest absolute Gasteiger partial charge is 0.495 e. The summed E-state index contributed by atoms with van der Waals surface area (Å²) in [5, 5.41) is 2.93. The lowest BCUT2D eigenvalue weighted by atomic mass is 9.99. The molecule has 132 valence electrons. The first-order valence-corrected chi connectivity index (χ1v) is 8.73. The van der Waals surface area contributed by atoms with Gasteiger partial charge in [-0.05, 0) is 49.4 Å². The highest BCUT2D eigenvalue weighted by atomic mass is 16.5. The van der Waals surface area contributed by atoms with E-state index >= 15 is 0 Å². The van der Waals surface area contributed by atoms with E-state index in [0.717, 1.165) is 30.3 Å². The van der Waals surface area contributed by atoms with E-state index < -0.39 is 0 Å². The second-order valence-corrected chi connectivity index (χ2v) is 6.76. The van der Waals surface area contributed by atoms with Crippen molar-refractivity contribution in [2.24, 2.45) is 5.92 Å². The Hall–Kier alpha value is -2.56. The van der Waals surface area contributed by atoms with Gasteiger partial charge in [0.1, 0.15) is 5.75 Å². The highest BCUT2D eigenvalue weighted by Gasteiger charge is 2.18. The molecule has 5 heteroatoms. The van der Waals surface area contributed by atoms with E-state index in [9.17, 15) is 4.79 Å². The standard InChI is InChI=1S/C20H25N3O2/c1-14-6-8-23(9-7-14)17-11-16(12-21-13-17)20(24)22-18-10-15(2)4-5-19(18)25-3/h4-5,10-14H,6-9H2,1-3H3,(H,22,24). The summed E-state index contributed by atoms with van der Waals surface area (Å²) >= 11 is 0. The van der Waals surface area contributed by atoms with Gasteiger partial charge in [-0.1, -0.05) is 13.0 Å². The number of nitrogens with one attached hydrogen (secondary N) is 1. The van der Waals surface area contributed by atoms with Gasteiger partial charge in [-0.15, -0.1) is 0 Å². The first-order chi connectivity index (χ1) is 12.1. The number of pyridine rings is 1. The van der Waals surface area contributed by atoms with Crippen LogP contribution in [0, 0.1) is 12.8 Å². The molecule has 0 radical (unpaired) electrons. The van der Waals surface area contributed by atoms with Crippen LogP contribution in [0.5, 0.6) is 5.75 Å². The van der Waals surface area contributed by atoms with Gasteiger partial charge in [-0.25, -0.2) is 0 Å². The van der Waals surface area contributed by atoms with Crippen LogP contribution in [0.4, 0.5) is 11.4 Å². The van der Waals surface area contributed by atoms with Gasteiger partial charge in [-0.3, -0.25) is 9.78 Å². The number of methoxy groups -OCH3 is 1. The highest BCUT2D eigenvalue weighted by molar-refractivity contribution is 6.05. The minimum atomic E-state index is -0.177. The Bertz CT molecular complexity index is 752. The van der Waals surface area contributed by atoms with Crippen LogP contribution in [-0.4, -0.2) is 31.1 Å². The maximum absolute atomic E-state index is 12.7. The predicted molar refractivity (Wildman–Crippen MR) is 101 cm³/mol. The number of ether oxygens (including phenoxy) is 1. The lowest BCUT2D eigenvalue weighted by Gasteiger charge is -2.32. The molecule has 1 aliphatic rings. The fourth-order valence-electron chi connectivity index (χ4n) is 3.11. The van der Waals surface area contributed by atoms with Crippen molar-refractivity contribution in [2.45, 2.75) is 26.7 Å². The quantitative estimate of drug-likeness (QED) is 0.918. The smallest absolute Gasteiger partial charge is 0.257 e. The Kier molecular flexibility index (Phi) is 5.22. The molecule has 1 fully saturated rings. The summed E-state index contributed by atoms with van der Waals surface area (Å²) in [6, 6.07) is 7.63. The van der Waals surface area contributed by atoms with Gasteiger partial charge in [0, 0.05) is 19.3 Å². The summed E-state index contributed by atoms with van der Waals surface area (Å²) in [5.74, 6) is 1.24. The topological polar surface area (TPSA) is 54.5 Å². The molecule has 0 aliphatic carbocycles. The Balaban J connectivity index is 1.77. The van der Waals surface area contributed by atoms with E-state index in [1.165, 1.54) is 12.8 Å². The van der Waals surface area contributed by atoms with Gasteiger partial charge in [0.05, 0.1) is 30.2 Å². The van der Waals surface area contributed by atoms with Crippen molar-refractivity contribution in [3.63, 3.8) is 0 Å². The van der Waals surface area contributed by atoms with Crippen LogP contribution in [-0.2, 0) is 0 Å². The molecule has 5 nitrogen and oxygen atoms in total. The number of benzene rings is 1. The number of hydrogen-bond donors (Lipinski definition) is 1. The molecule has 0 saturated carbocycles. The van der Waals surface area contributed by atoms with Crippen LogP contribution < -0.4 is 15.0 Å². The lowest BCUT2D eigenvalue weighted by Crippen LogP contribution is -2.33. The second kappa shape index (κ2) is 7.55. The van der Waals surface area contributed by atoms with E-state index in [1.54, 1.807) is 13.3 Å². The van der Waals surface area contributed by atoms with Crippen LogP contribution in [0.2, 0.25) is 0 Å². The molecule has 1 aromatic carbocycles. The number of piperidine rings is 1. The van der Waals surface area contributed by atoms with Crippen LogP contribution in [0.15, 0.2) is 36.7 Å². The minimum absolute atomic E-state index is 0.177. The van der Waals surface area contributed by atoms with Crippen molar-refractivity contribution in [3.8, 4) is 5.75 Å². The maximum Gasteiger partial charge on any atom is 0.257 e. The van der Waals surface area contributed by atoms with Crippen LogP contribution in [0.1, 0.15) is 35.7 Å². The van der Waals surface area contributed by atoms with Crippen molar-refractivity contribution < 1.29 is 9.53 Å². The molecular weight excluding hydrogens is 314 g/mol. The van der Waals surface area contributed by atoms with E-state index in [-0.39, 0.29) is 5.91 Å². The molecule has 0 atom stereocenters. The molecule has 2 heterocycles. The molecule has 0 spiro atoms. The number of carbonyl (C=O) groups excluding carboxylic acids is 1. The molecule has 2 aromatic rings. The first kappa shape index (κ1) is 17.3. The molecule has 0 unspecified atom stereocenters. The van der Waals surface area contributed by atoms with Crippen LogP contribution in [0.25, 0.3) is 0 Å². The van der Waals surface area contributed by atoms with Crippen molar-refractivity contribution >= 4 is 17.3 Å². The normalized spacial score (nSPS) is 15.1. The van der Waals surface area contributed by atoms with Crippen molar-refractivity contribution in [2.75, 3.05) is 30.4 Å². The van der Waals surface area contributed by atoms with Crippen LogP contribution >= 0.6 is 0 Å². The third-order valence-corrected chi connectivity index (χ3v) is 4.74. The third-order valence-electron chi connectivity index (χ3n) is 4.74. The monoisotopic (exact) mass is 339 g/mol. The SMILES string of the molecule is COc1ccc(C)cc1NC(=O)c1cncc(N2CCC(C)CC2)c1. The van der Waals surface area contributed by atoms with Crippen LogP contribution in [0.3, 0.4) is 0 Å². The van der Waals surface area contributed by atoms with E-state index in [0.29, 0.717) is 17.0 Å². The molecule has 3 rings (SSSR count). The minimum Gasteiger partial charge on any atom is -0.495 e. The third kappa shape index (κ3) is 4.10. The Morgan fingerprint density at radius 1 is 1.24 bits per heavy atom. The van der Waals surface area contributed by atoms with E-state index in [2.05, 4.69) is 22.1 Å². The molecule has 1 aliphatic heterocycles. The average Bonchev–Trinajstić information content (AvgIpc) is 2.62. The highest BCUT2D eigenvalue weighted by Crippen LogP contribution is 2.27. The number of aryl methyl sites for hydroxylation is 1. The summed E-state index contributed by atoms with van der Waals surface area (Å²) < 4.78 is 5.33. The molecule has 1 aromatic heterocycles. The Morgan fingerprint density at radius 2 is 2.00 bits per heavy atom. The number of carbonyl (C=O) groups is 1. The number of nitrogens with zero attached hydrogens (tertiary/aromatic N) is 2. The summed E-state index contributed by atoms with van der Waals surface area (Å²) in [6.07, 6.45) is 5.79. The van der Waals surface area contributed by atoms with Gasteiger partial charge in [-0.2, -0.15) is 0 Å². The number of aromatic nitrogens is 1. The van der Waals surface area contributed by atoms with Gasteiger partial charge in [0.2, 0.25) is 0 Å². The summed E-state index contributed by atoms with van der Waals surface area (Å²) in [6.45, 7) is 6.29. The van der Waals surface area contributed by atoms with Gasteiger partial charge >= 0.3 is 0 Å². The zero-order valence-corrected chi connectivity index (χ0v) is 15.1. The molecule has 0 bridgehead atoms. The summed E-state index contributed by atoms with van der Waals surface area (Å²) in [7, 11) is 1.60. The number of anilines is 2. The van der Waals surface area contributed by atoms with Gasteiger partial charge in [0.15, 0.2) is 0 Å². The van der Waals surface area contributed by atoms with Crippen molar-refractivity contribution in [1.29, 1.82) is 0 Å². The Labute approximate surface area is 149 Å². The summed E-state index contributed by atoms with van der Waals surface area (Å²) in [5.41, 5.74) is 3.30. The predicted octanol–water partition coefficient (Wildman–Crippen LogP) is 3.89. The molecule has 1 N–H and O–H groups in total. The average molecular weight is 339 g/mol. The van der Waals surface area contributed by atoms with E-state index in [4.69, 9.17) is 4.74 Å².